The number of rotatable bonds is 15. The predicted octanol–water partition coefficient (Wildman–Crippen LogP) is 3.38. The molecule has 0 atom stereocenters. The second-order valence-corrected chi connectivity index (χ2v) is 10.7. The molecule has 0 bridgehead atoms. The molecule has 5 nitrogen and oxygen atoms in total. The highest BCUT2D eigenvalue weighted by Crippen LogP contribution is 2.03. The van der Waals surface area contributed by atoms with E-state index >= 15 is 0 Å². The van der Waals surface area contributed by atoms with Crippen molar-refractivity contribution in [2.24, 2.45) is 0 Å². The summed E-state index contributed by atoms with van der Waals surface area (Å²) in [5, 5.41) is 0. The number of hydrogen-bond donors (Lipinski definition) is 0. The van der Waals surface area contributed by atoms with Gasteiger partial charge in [-0.3, -0.25) is 4.79 Å². The zero-order chi connectivity index (χ0) is 16.7. The van der Waals surface area contributed by atoms with Gasteiger partial charge in [-0.25, -0.2) is 0 Å². The SMILES string of the molecule is CCCCCCC(=O)OCCOCCOCCO[Si](C)(C)C. The van der Waals surface area contributed by atoms with Crippen LogP contribution in [0.4, 0.5) is 0 Å². The van der Waals surface area contributed by atoms with Crippen LogP contribution in [0.1, 0.15) is 39.0 Å². The highest BCUT2D eigenvalue weighted by Gasteiger charge is 2.12. The molecular weight excluding hydrogens is 300 g/mol. The van der Waals surface area contributed by atoms with Gasteiger partial charge in [-0.2, -0.15) is 0 Å². The monoisotopic (exact) mass is 334 g/mol. The molecule has 0 saturated heterocycles. The van der Waals surface area contributed by atoms with Crippen LogP contribution in [0.2, 0.25) is 19.6 Å². The topological polar surface area (TPSA) is 54.0 Å². The maximum atomic E-state index is 11.4. The Bertz CT molecular complexity index is 266. The summed E-state index contributed by atoms with van der Waals surface area (Å²) in [5.41, 5.74) is 0. The Hall–Kier alpha value is -0.433. The van der Waals surface area contributed by atoms with Crippen molar-refractivity contribution in [1.82, 2.24) is 0 Å². The number of carbonyl (C=O) groups excluding carboxylic acids is 1. The molecule has 132 valence electrons. The van der Waals surface area contributed by atoms with E-state index in [1.165, 1.54) is 12.8 Å². The van der Waals surface area contributed by atoms with Gasteiger partial charge < -0.3 is 18.6 Å². The molecule has 0 fully saturated rings. The summed E-state index contributed by atoms with van der Waals surface area (Å²) >= 11 is 0. The average Bonchev–Trinajstić information content (AvgIpc) is 2.44. The molecule has 0 heterocycles. The van der Waals surface area contributed by atoms with E-state index in [1.54, 1.807) is 0 Å². The molecule has 0 aliphatic heterocycles. The molecule has 0 aliphatic carbocycles. The zero-order valence-electron chi connectivity index (χ0n) is 14.8. The number of ether oxygens (including phenoxy) is 3. The number of unbranched alkanes of at least 4 members (excludes halogenated alkanes) is 3. The van der Waals surface area contributed by atoms with E-state index in [2.05, 4.69) is 26.6 Å². The third kappa shape index (κ3) is 17.6. The highest BCUT2D eigenvalue weighted by molar-refractivity contribution is 6.69. The van der Waals surface area contributed by atoms with Crippen molar-refractivity contribution < 1.29 is 23.4 Å². The van der Waals surface area contributed by atoms with Crippen LogP contribution >= 0.6 is 0 Å². The summed E-state index contributed by atoms with van der Waals surface area (Å²) in [7, 11) is -1.43. The lowest BCUT2D eigenvalue weighted by molar-refractivity contribution is -0.145. The van der Waals surface area contributed by atoms with E-state index in [1.807, 2.05) is 0 Å². The van der Waals surface area contributed by atoms with Gasteiger partial charge in [0.15, 0.2) is 8.32 Å². The summed E-state index contributed by atoms with van der Waals surface area (Å²) in [4.78, 5) is 11.4. The minimum absolute atomic E-state index is 0.126. The van der Waals surface area contributed by atoms with Crippen LogP contribution in [0.25, 0.3) is 0 Å². The van der Waals surface area contributed by atoms with Crippen molar-refractivity contribution in [3.8, 4) is 0 Å². The lowest BCUT2D eigenvalue weighted by Gasteiger charge is -2.16. The number of hydrogen-bond acceptors (Lipinski definition) is 5. The maximum absolute atomic E-state index is 11.4. The molecule has 0 N–H and O–H groups in total. The molecule has 0 saturated carbocycles. The largest absolute Gasteiger partial charge is 0.463 e. The summed E-state index contributed by atoms with van der Waals surface area (Å²) in [5.74, 6) is -0.126. The second-order valence-electron chi connectivity index (χ2n) is 6.22. The first kappa shape index (κ1) is 21.6. The fourth-order valence-corrected chi connectivity index (χ4v) is 2.41. The van der Waals surface area contributed by atoms with Crippen LogP contribution in [-0.4, -0.2) is 53.9 Å². The summed E-state index contributed by atoms with van der Waals surface area (Å²) < 4.78 is 21.5. The fourth-order valence-electron chi connectivity index (χ4n) is 1.71. The minimum Gasteiger partial charge on any atom is -0.463 e. The third-order valence-electron chi connectivity index (χ3n) is 2.86. The molecule has 0 unspecified atom stereocenters. The lowest BCUT2D eigenvalue weighted by Crippen LogP contribution is -2.27. The van der Waals surface area contributed by atoms with E-state index in [0.29, 0.717) is 46.1 Å². The van der Waals surface area contributed by atoms with Crippen LogP contribution in [0, 0.1) is 0 Å². The van der Waals surface area contributed by atoms with Crippen LogP contribution in [0.5, 0.6) is 0 Å². The van der Waals surface area contributed by atoms with E-state index in [-0.39, 0.29) is 5.97 Å². The van der Waals surface area contributed by atoms with Gasteiger partial charge in [-0.15, -0.1) is 0 Å². The molecule has 0 aromatic rings. The first-order valence-electron chi connectivity index (χ1n) is 8.41. The molecule has 0 aromatic carbocycles. The average molecular weight is 335 g/mol. The summed E-state index contributed by atoms with van der Waals surface area (Å²) in [6, 6.07) is 0. The number of esters is 1. The highest BCUT2D eigenvalue weighted by atomic mass is 28.4. The molecule has 22 heavy (non-hydrogen) atoms. The quantitative estimate of drug-likeness (QED) is 0.261. The smallest absolute Gasteiger partial charge is 0.305 e. The fraction of sp³-hybridized carbons (Fsp3) is 0.938. The Balaban J connectivity index is 3.18. The van der Waals surface area contributed by atoms with Gasteiger partial charge >= 0.3 is 5.97 Å². The molecule has 0 rings (SSSR count). The lowest BCUT2D eigenvalue weighted by atomic mass is 10.2. The van der Waals surface area contributed by atoms with Crippen LogP contribution in [-0.2, 0) is 23.4 Å². The van der Waals surface area contributed by atoms with Crippen LogP contribution in [0.3, 0.4) is 0 Å². The van der Waals surface area contributed by atoms with Crippen molar-refractivity contribution in [2.45, 2.75) is 58.7 Å². The van der Waals surface area contributed by atoms with E-state index < -0.39 is 8.32 Å². The predicted molar refractivity (Wildman–Crippen MR) is 90.7 cm³/mol. The van der Waals surface area contributed by atoms with Crippen LogP contribution in [0.15, 0.2) is 0 Å². The first-order valence-corrected chi connectivity index (χ1v) is 11.8. The molecule has 0 amide bonds. The standard InChI is InChI=1S/C16H34O5Si/c1-5-6-7-8-9-16(17)20-14-12-18-10-11-19-13-15-21-22(2,3)4/h5-15H2,1-4H3. The molecule has 0 spiro atoms. The van der Waals surface area contributed by atoms with E-state index in [9.17, 15) is 4.79 Å². The Morgan fingerprint density at radius 1 is 0.818 bits per heavy atom. The first-order chi connectivity index (χ1) is 10.5. The van der Waals surface area contributed by atoms with Gasteiger partial charge in [0.2, 0.25) is 0 Å². The van der Waals surface area contributed by atoms with Gasteiger partial charge in [0.05, 0.1) is 33.0 Å². The van der Waals surface area contributed by atoms with Crippen molar-refractivity contribution in [2.75, 3.05) is 39.6 Å². The summed E-state index contributed by atoms with van der Waals surface area (Å²) in [6.45, 7) is 11.7. The van der Waals surface area contributed by atoms with E-state index in [4.69, 9.17) is 18.6 Å². The maximum Gasteiger partial charge on any atom is 0.305 e. The van der Waals surface area contributed by atoms with Crippen molar-refractivity contribution in [3.05, 3.63) is 0 Å². The van der Waals surface area contributed by atoms with Gasteiger partial charge in [-0.1, -0.05) is 26.2 Å². The van der Waals surface area contributed by atoms with Gasteiger partial charge in [0, 0.05) is 6.42 Å². The Morgan fingerprint density at radius 3 is 2.00 bits per heavy atom. The van der Waals surface area contributed by atoms with Crippen molar-refractivity contribution >= 4 is 14.3 Å². The van der Waals surface area contributed by atoms with Gasteiger partial charge in [0.1, 0.15) is 6.61 Å². The Morgan fingerprint density at radius 2 is 1.41 bits per heavy atom. The molecule has 6 heteroatoms. The third-order valence-corrected chi connectivity index (χ3v) is 3.93. The zero-order valence-corrected chi connectivity index (χ0v) is 15.8. The molecule has 0 radical (unpaired) electrons. The van der Waals surface area contributed by atoms with Crippen LogP contribution < -0.4 is 0 Å². The van der Waals surface area contributed by atoms with Gasteiger partial charge in [-0.05, 0) is 26.1 Å². The second kappa shape index (κ2) is 14.2. The van der Waals surface area contributed by atoms with Gasteiger partial charge in [0.25, 0.3) is 0 Å². The van der Waals surface area contributed by atoms with Crippen molar-refractivity contribution in [3.63, 3.8) is 0 Å². The molecule has 0 aromatic heterocycles. The van der Waals surface area contributed by atoms with Crippen molar-refractivity contribution in [1.29, 1.82) is 0 Å². The number of carbonyl (C=O) groups is 1. The molecular formula is C16H34O5Si. The van der Waals surface area contributed by atoms with E-state index in [0.717, 1.165) is 12.8 Å². The Kier molecular flexibility index (Phi) is 13.9. The Labute approximate surface area is 136 Å². The molecule has 0 aliphatic rings. The summed E-state index contributed by atoms with van der Waals surface area (Å²) in [6.07, 6.45) is 4.89. The minimum atomic E-state index is -1.43. The normalized spacial score (nSPS) is 11.6.